The summed E-state index contributed by atoms with van der Waals surface area (Å²) in [6.07, 6.45) is 3.79. The molecule has 2 aromatic rings. The van der Waals surface area contributed by atoms with Crippen LogP contribution in [0.3, 0.4) is 0 Å². The van der Waals surface area contributed by atoms with Gasteiger partial charge in [-0.25, -0.2) is 9.48 Å². The van der Waals surface area contributed by atoms with Gasteiger partial charge in [-0.15, -0.1) is 0 Å². The zero-order valence-electron chi connectivity index (χ0n) is 12.9. The van der Waals surface area contributed by atoms with Crippen molar-refractivity contribution >= 4 is 6.03 Å². The summed E-state index contributed by atoms with van der Waals surface area (Å²) in [5.41, 5.74) is 2.00. The van der Waals surface area contributed by atoms with E-state index in [1.165, 1.54) is 0 Å². The summed E-state index contributed by atoms with van der Waals surface area (Å²) in [6.45, 7) is 2.71. The number of carbonyl (C=O) groups excluding carboxylic acids is 1. The largest absolute Gasteiger partial charge is 0.393 e. The van der Waals surface area contributed by atoms with Crippen LogP contribution in [0, 0.1) is 0 Å². The van der Waals surface area contributed by atoms with Crippen LogP contribution in [-0.4, -0.2) is 45.5 Å². The minimum Gasteiger partial charge on any atom is -0.393 e. The van der Waals surface area contributed by atoms with E-state index in [2.05, 4.69) is 10.4 Å². The standard InChI is InChI=1S/C16H22N4O2/c1-13(21)8-11-19(2)16(22)17-12-14-4-6-15(7-5-14)20-10-3-9-18-20/h3-7,9-10,13,21H,8,11-12H2,1-2H3,(H,17,22). The number of aromatic nitrogens is 2. The molecule has 0 spiro atoms. The van der Waals surface area contributed by atoms with E-state index in [1.807, 2.05) is 36.5 Å². The van der Waals surface area contributed by atoms with Crippen LogP contribution in [-0.2, 0) is 6.54 Å². The second kappa shape index (κ2) is 7.61. The Morgan fingerprint density at radius 2 is 2.14 bits per heavy atom. The minimum absolute atomic E-state index is 0.142. The highest BCUT2D eigenvalue weighted by molar-refractivity contribution is 5.73. The van der Waals surface area contributed by atoms with Crippen LogP contribution in [0.5, 0.6) is 0 Å². The Balaban J connectivity index is 1.82. The number of hydrogen-bond donors (Lipinski definition) is 2. The topological polar surface area (TPSA) is 70.4 Å². The van der Waals surface area contributed by atoms with Gasteiger partial charge in [0.05, 0.1) is 11.8 Å². The average molecular weight is 302 g/mol. The number of aliphatic hydroxyl groups is 1. The molecule has 1 unspecified atom stereocenters. The molecular weight excluding hydrogens is 280 g/mol. The van der Waals surface area contributed by atoms with Crippen LogP contribution in [0.25, 0.3) is 5.69 Å². The molecule has 0 radical (unpaired) electrons. The van der Waals surface area contributed by atoms with Crippen LogP contribution in [0.1, 0.15) is 18.9 Å². The van der Waals surface area contributed by atoms with Crippen LogP contribution in [0.4, 0.5) is 4.79 Å². The molecule has 0 aliphatic heterocycles. The Labute approximate surface area is 130 Å². The predicted octanol–water partition coefficient (Wildman–Crippen LogP) is 1.78. The Morgan fingerprint density at radius 3 is 2.73 bits per heavy atom. The Hall–Kier alpha value is -2.34. The molecule has 6 heteroatoms. The smallest absolute Gasteiger partial charge is 0.317 e. The molecule has 0 saturated carbocycles. The normalized spacial score (nSPS) is 12.0. The molecule has 1 atom stereocenters. The third-order valence-corrected chi connectivity index (χ3v) is 3.38. The van der Waals surface area contributed by atoms with Crippen LogP contribution < -0.4 is 5.32 Å². The number of aliphatic hydroxyl groups excluding tert-OH is 1. The van der Waals surface area contributed by atoms with Crippen molar-refractivity contribution in [2.45, 2.75) is 26.0 Å². The molecule has 0 bridgehead atoms. The van der Waals surface area contributed by atoms with Gasteiger partial charge in [-0.05, 0) is 37.1 Å². The van der Waals surface area contributed by atoms with Crippen molar-refractivity contribution in [3.05, 3.63) is 48.3 Å². The van der Waals surface area contributed by atoms with E-state index >= 15 is 0 Å². The quantitative estimate of drug-likeness (QED) is 0.854. The van der Waals surface area contributed by atoms with E-state index in [4.69, 9.17) is 0 Å². The van der Waals surface area contributed by atoms with Gasteiger partial charge in [-0.2, -0.15) is 5.10 Å². The lowest BCUT2D eigenvalue weighted by molar-refractivity contribution is 0.163. The lowest BCUT2D eigenvalue weighted by atomic mass is 10.2. The molecule has 1 aromatic carbocycles. The van der Waals surface area contributed by atoms with Gasteiger partial charge >= 0.3 is 6.03 Å². The maximum Gasteiger partial charge on any atom is 0.317 e. The van der Waals surface area contributed by atoms with Crippen molar-refractivity contribution < 1.29 is 9.90 Å². The van der Waals surface area contributed by atoms with E-state index < -0.39 is 6.10 Å². The SMILES string of the molecule is CC(O)CCN(C)C(=O)NCc1ccc(-n2cccn2)cc1. The summed E-state index contributed by atoms with van der Waals surface area (Å²) in [5.74, 6) is 0. The van der Waals surface area contributed by atoms with Gasteiger partial charge in [-0.3, -0.25) is 0 Å². The van der Waals surface area contributed by atoms with E-state index in [9.17, 15) is 9.90 Å². The number of benzene rings is 1. The number of hydrogen-bond acceptors (Lipinski definition) is 3. The highest BCUT2D eigenvalue weighted by atomic mass is 16.3. The van der Waals surface area contributed by atoms with Crippen molar-refractivity contribution in [3.63, 3.8) is 0 Å². The molecule has 0 saturated heterocycles. The lowest BCUT2D eigenvalue weighted by Crippen LogP contribution is -2.38. The first kappa shape index (κ1) is 16.0. The molecule has 0 fully saturated rings. The number of carbonyl (C=O) groups is 1. The van der Waals surface area contributed by atoms with Gasteiger partial charge in [0, 0.05) is 32.5 Å². The predicted molar refractivity (Wildman–Crippen MR) is 84.7 cm³/mol. The monoisotopic (exact) mass is 302 g/mol. The van der Waals surface area contributed by atoms with Gasteiger partial charge < -0.3 is 15.3 Å². The number of amides is 2. The van der Waals surface area contributed by atoms with E-state index in [0.29, 0.717) is 19.5 Å². The molecule has 0 aliphatic rings. The van der Waals surface area contributed by atoms with Gasteiger partial charge in [0.2, 0.25) is 0 Å². The maximum absolute atomic E-state index is 11.9. The number of rotatable bonds is 6. The van der Waals surface area contributed by atoms with Gasteiger partial charge in [0.25, 0.3) is 0 Å². The first-order chi connectivity index (χ1) is 10.6. The van der Waals surface area contributed by atoms with Crippen molar-refractivity contribution in [1.82, 2.24) is 20.0 Å². The summed E-state index contributed by atoms with van der Waals surface area (Å²) in [7, 11) is 1.72. The fourth-order valence-corrected chi connectivity index (χ4v) is 1.98. The Kier molecular flexibility index (Phi) is 5.55. The van der Waals surface area contributed by atoms with Crippen LogP contribution in [0.15, 0.2) is 42.7 Å². The zero-order valence-corrected chi connectivity index (χ0v) is 12.9. The molecule has 0 aliphatic carbocycles. The summed E-state index contributed by atoms with van der Waals surface area (Å²) in [4.78, 5) is 13.5. The van der Waals surface area contributed by atoms with Crippen LogP contribution in [0.2, 0.25) is 0 Å². The number of nitrogens with one attached hydrogen (secondary N) is 1. The first-order valence-corrected chi connectivity index (χ1v) is 7.32. The summed E-state index contributed by atoms with van der Waals surface area (Å²) in [5, 5.41) is 16.3. The van der Waals surface area contributed by atoms with E-state index in [1.54, 1.807) is 29.7 Å². The van der Waals surface area contributed by atoms with Gasteiger partial charge in [0.15, 0.2) is 0 Å². The lowest BCUT2D eigenvalue weighted by Gasteiger charge is -2.18. The molecule has 118 valence electrons. The molecule has 1 aromatic heterocycles. The third-order valence-electron chi connectivity index (χ3n) is 3.38. The molecule has 22 heavy (non-hydrogen) atoms. The molecule has 2 rings (SSSR count). The molecule has 2 N–H and O–H groups in total. The number of urea groups is 1. The molecular formula is C16H22N4O2. The third kappa shape index (κ3) is 4.60. The highest BCUT2D eigenvalue weighted by Gasteiger charge is 2.08. The molecule has 2 amide bonds. The van der Waals surface area contributed by atoms with Gasteiger partial charge in [0.1, 0.15) is 0 Å². The molecule has 1 heterocycles. The minimum atomic E-state index is -0.398. The fraction of sp³-hybridized carbons (Fsp3) is 0.375. The summed E-state index contributed by atoms with van der Waals surface area (Å²) < 4.78 is 1.78. The highest BCUT2D eigenvalue weighted by Crippen LogP contribution is 2.08. The van der Waals surface area contributed by atoms with Crippen molar-refractivity contribution in [2.75, 3.05) is 13.6 Å². The maximum atomic E-state index is 11.9. The van der Waals surface area contributed by atoms with Crippen molar-refractivity contribution in [1.29, 1.82) is 0 Å². The van der Waals surface area contributed by atoms with E-state index in [0.717, 1.165) is 11.3 Å². The zero-order chi connectivity index (χ0) is 15.9. The van der Waals surface area contributed by atoms with Gasteiger partial charge in [-0.1, -0.05) is 12.1 Å². The Bertz CT molecular complexity index is 579. The van der Waals surface area contributed by atoms with Crippen molar-refractivity contribution in [2.24, 2.45) is 0 Å². The summed E-state index contributed by atoms with van der Waals surface area (Å²) >= 11 is 0. The molecule has 6 nitrogen and oxygen atoms in total. The van der Waals surface area contributed by atoms with Crippen molar-refractivity contribution in [3.8, 4) is 5.69 Å². The second-order valence-corrected chi connectivity index (χ2v) is 5.34. The van der Waals surface area contributed by atoms with Crippen LogP contribution >= 0.6 is 0 Å². The Morgan fingerprint density at radius 1 is 1.41 bits per heavy atom. The summed E-state index contributed by atoms with van der Waals surface area (Å²) in [6, 6.07) is 9.59. The van der Waals surface area contributed by atoms with E-state index in [-0.39, 0.29) is 6.03 Å². The number of nitrogens with zero attached hydrogens (tertiary/aromatic N) is 3. The fourth-order valence-electron chi connectivity index (χ4n) is 1.98. The second-order valence-electron chi connectivity index (χ2n) is 5.34. The first-order valence-electron chi connectivity index (χ1n) is 7.32. The average Bonchev–Trinajstić information content (AvgIpc) is 3.05.